The number of nitrogens with one attached hydrogen (secondary N) is 2. The highest BCUT2D eigenvalue weighted by Crippen LogP contribution is 2.15. The van der Waals surface area contributed by atoms with Crippen LogP contribution in [-0.4, -0.2) is 35.7 Å². The van der Waals surface area contributed by atoms with Gasteiger partial charge in [-0.15, -0.1) is 0 Å². The van der Waals surface area contributed by atoms with Gasteiger partial charge in [-0.1, -0.05) is 46.3 Å². The topological polar surface area (TPSA) is 105 Å². The van der Waals surface area contributed by atoms with E-state index in [0.29, 0.717) is 5.69 Å². The maximum absolute atomic E-state index is 12.2. The second-order valence-corrected chi connectivity index (χ2v) is 6.24. The van der Waals surface area contributed by atoms with Crippen LogP contribution in [0, 0.1) is 0 Å². The SMILES string of the molecule is O=C(O)CNC(=O)C(Cc1ccccc1)OC(=O)Nc1ccc(Br)cc1. The van der Waals surface area contributed by atoms with Crippen LogP contribution in [0.2, 0.25) is 0 Å². The third-order valence-electron chi connectivity index (χ3n) is 3.31. The van der Waals surface area contributed by atoms with Crippen molar-refractivity contribution in [2.75, 3.05) is 11.9 Å². The van der Waals surface area contributed by atoms with Crippen LogP contribution in [0.4, 0.5) is 10.5 Å². The maximum atomic E-state index is 12.2. The molecular formula is C18H17BrN2O5. The molecule has 0 spiro atoms. The second-order valence-electron chi connectivity index (χ2n) is 5.33. The van der Waals surface area contributed by atoms with E-state index in [2.05, 4.69) is 26.6 Å². The Morgan fingerprint density at radius 3 is 2.31 bits per heavy atom. The van der Waals surface area contributed by atoms with E-state index in [1.54, 1.807) is 48.5 Å². The molecule has 0 aliphatic heterocycles. The lowest BCUT2D eigenvalue weighted by atomic mass is 10.1. The number of amides is 2. The van der Waals surface area contributed by atoms with E-state index in [-0.39, 0.29) is 6.42 Å². The van der Waals surface area contributed by atoms with Crippen molar-refractivity contribution in [3.05, 3.63) is 64.6 Å². The smallest absolute Gasteiger partial charge is 0.412 e. The first-order valence-corrected chi connectivity index (χ1v) is 8.50. The largest absolute Gasteiger partial charge is 0.480 e. The molecule has 1 unspecified atom stereocenters. The Morgan fingerprint density at radius 2 is 1.69 bits per heavy atom. The summed E-state index contributed by atoms with van der Waals surface area (Å²) in [5, 5.41) is 13.5. The third kappa shape index (κ3) is 6.56. The number of hydrogen-bond acceptors (Lipinski definition) is 4. The van der Waals surface area contributed by atoms with Crippen LogP contribution < -0.4 is 10.6 Å². The summed E-state index contributed by atoms with van der Waals surface area (Å²) in [5.41, 5.74) is 1.28. The van der Waals surface area contributed by atoms with Gasteiger partial charge < -0.3 is 15.2 Å². The highest BCUT2D eigenvalue weighted by molar-refractivity contribution is 9.10. The van der Waals surface area contributed by atoms with E-state index in [4.69, 9.17) is 9.84 Å². The summed E-state index contributed by atoms with van der Waals surface area (Å²) >= 11 is 3.29. The average molecular weight is 421 g/mol. The molecule has 2 aromatic rings. The number of carboxylic acids is 1. The summed E-state index contributed by atoms with van der Waals surface area (Å²) in [6.07, 6.45) is -1.84. The number of halogens is 1. The Morgan fingerprint density at radius 1 is 1.04 bits per heavy atom. The zero-order valence-corrected chi connectivity index (χ0v) is 15.2. The molecule has 0 radical (unpaired) electrons. The predicted molar refractivity (Wildman–Crippen MR) is 98.8 cm³/mol. The van der Waals surface area contributed by atoms with Crippen molar-refractivity contribution in [1.29, 1.82) is 0 Å². The Labute approximate surface area is 158 Å². The number of hydrogen-bond donors (Lipinski definition) is 3. The number of aliphatic carboxylic acids is 1. The maximum Gasteiger partial charge on any atom is 0.412 e. The van der Waals surface area contributed by atoms with Gasteiger partial charge in [-0.05, 0) is 29.8 Å². The zero-order chi connectivity index (χ0) is 18.9. The van der Waals surface area contributed by atoms with Gasteiger partial charge in [-0.3, -0.25) is 14.9 Å². The Bertz CT molecular complexity index is 765. The van der Waals surface area contributed by atoms with Crippen molar-refractivity contribution < 1.29 is 24.2 Å². The summed E-state index contributed by atoms with van der Waals surface area (Å²) in [4.78, 5) is 34.9. The molecule has 0 aromatic heterocycles. The molecule has 2 aromatic carbocycles. The monoisotopic (exact) mass is 420 g/mol. The minimum Gasteiger partial charge on any atom is -0.480 e. The fourth-order valence-corrected chi connectivity index (χ4v) is 2.37. The first-order valence-electron chi connectivity index (χ1n) is 7.70. The zero-order valence-electron chi connectivity index (χ0n) is 13.6. The number of carbonyl (C=O) groups is 3. The summed E-state index contributed by atoms with van der Waals surface area (Å²) in [6.45, 7) is -0.554. The molecule has 2 amide bonds. The molecule has 136 valence electrons. The van der Waals surface area contributed by atoms with Gasteiger partial charge in [-0.2, -0.15) is 0 Å². The molecular weight excluding hydrogens is 404 g/mol. The van der Waals surface area contributed by atoms with Crippen molar-refractivity contribution in [2.45, 2.75) is 12.5 Å². The number of benzene rings is 2. The molecule has 26 heavy (non-hydrogen) atoms. The minimum absolute atomic E-state index is 0.125. The molecule has 2 rings (SSSR count). The van der Waals surface area contributed by atoms with Gasteiger partial charge in [-0.25, -0.2) is 4.79 Å². The van der Waals surface area contributed by atoms with Gasteiger partial charge >= 0.3 is 12.1 Å². The Balaban J connectivity index is 2.04. The van der Waals surface area contributed by atoms with Gasteiger partial charge in [0.05, 0.1) is 0 Å². The van der Waals surface area contributed by atoms with E-state index in [9.17, 15) is 14.4 Å². The predicted octanol–water partition coefficient (Wildman–Crippen LogP) is 2.81. The summed E-state index contributed by atoms with van der Waals surface area (Å²) < 4.78 is 6.07. The molecule has 8 heteroatoms. The first kappa shape index (κ1) is 19.5. The van der Waals surface area contributed by atoms with Crippen LogP contribution >= 0.6 is 15.9 Å². The van der Waals surface area contributed by atoms with Gasteiger partial charge in [0.2, 0.25) is 0 Å². The van der Waals surface area contributed by atoms with Crippen molar-refractivity contribution in [2.24, 2.45) is 0 Å². The Kier molecular flexibility index (Phi) is 7.16. The minimum atomic E-state index is -1.18. The molecule has 0 heterocycles. The van der Waals surface area contributed by atoms with Crippen LogP contribution in [0.1, 0.15) is 5.56 Å². The van der Waals surface area contributed by atoms with Crippen molar-refractivity contribution in [3.8, 4) is 0 Å². The fraction of sp³-hybridized carbons (Fsp3) is 0.167. The molecule has 0 bridgehead atoms. The second kappa shape index (κ2) is 9.57. The fourth-order valence-electron chi connectivity index (χ4n) is 2.10. The lowest BCUT2D eigenvalue weighted by Crippen LogP contribution is -2.42. The van der Waals surface area contributed by atoms with E-state index in [1.807, 2.05) is 6.07 Å². The van der Waals surface area contributed by atoms with E-state index in [1.165, 1.54) is 0 Å². The van der Waals surface area contributed by atoms with E-state index < -0.39 is 30.6 Å². The molecule has 0 aliphatic carbocycles. The van der Waals surface area contributed by atoms with E-state index in [0.717, 1.165) is 10.0 Å². The summed E-state index contributed by atoms with van der Waals surface area (Å²) in [7, 11) is 0. The molecule has 7 nitrogen and oxygen atoms in total. The molecule has 1 atom stereocenters. The highest BCUT2D eigenvalue weighted by atomic mass is 79.9. The number of rotatable bonds is 7. The number of ether oxygens (including phenoxy) is 1. The van der Waals surface area contributed by atoms with Gasteiger partial charge in [0.1, 0.15) is 6.54 Å². The van der Waals surface area contributed by atoms with Crippen LogP contribution in [0.25, 0.3) is 0 Å². The normalized spacial score (nSPS) is 11.3. The average Bonchev–Trinajstić information content (AvgIpc) is 2.62. The number of anilines is 1. The van der Waals surface area contributed by atoms with Crippen LogP contribution in [0.5, 0.6) is 0 Å². The Hall–Kier alpha value is -2.87. The third-order valence-corrected chi connectivity index (χ3v) is 3.84. The quantitative estimate of drug-likeness (QED) is 0.638. The molecule has 0 saturated heterocycles. The molecule has 0 fully saturated rings. The molecule has 0 saturated carbocycles. The summed E-state index contributed by atoms with van der Waals surface area (Å²) in [5.74, 6) is -1.86. The summed E-state index contributed by atoms with van der Waals surface area (Å²) in [6, 6.07) is 15.8. The number of carboxylic acid groups (broad SMARTS) is 1. The van der Waals surface area contributed by atoms with Crippen LogP contribution in [0.15, 0.2) is 59.1 Å². The standard InChI is InChI=1S/C18H17BrN2O5/c19-13-6-8-14(9-7-13)21-18(25)26-15(17(24)20-11-16(22)23)10-12-4-2-1-3-5-12/h1-9,15H,10-11H2,(H,20,24)(H,21,25)(H,22,23). The molecule has 3 N–H and O–H groups in total. The van der Waals surface area contributed by atoms with Crippen LogP contribution in [0.3, 0.4) is 0 Å². The van der Waals surface area contributed by atoms with Crippen molar-refractivity contribution in [1.82, 2.24) is 5.32 Å². The van der Waals surface area contributed by atoms with Crippen molar-refractivity contribution in [3.63, 3.8) is 0 Å². The number of carbonyl (C=O) groups excluding carboxylic acids is 2. The lowest BCUT2D eigenvalue weighted by Gasteiger charge is -2.17. The first-order chi connectivity index (χ1) is 12.4. The van der Waals surface area contributed by atoms with Gasteiger partial charge in [0.25, 0.3) is 5.91 Å². The van der Waals surface area contributed by atoms with E-state index >= 15 is 0 Å². The molecule has 0 aliphatic rings. The van der Waals surface area contributed by atoms with Gasteiger partial charge in [0, 0.05) is 16.6 Å². The van der Waals surface area contributed by atoms with Crippen molar-refractivity contribution >= 4 is 39.6 Å². The van der Waals surface area contributed by atoms with Crippen LogP contribution in [-0.2, 0) is 20.7 Å². The highest BCUT2D eigenvalue weighted by Gasteiger charge is 2.24. The lowest BCUT2D eigenvalue weighted by molar-refractivity contribution is -0.139. The van der Waals surface area contributed by atoms with Gasteiger partial charge in [0.15, 0.2) is 6.10 Å².